The largest absolute Gasteiger partial charge is 0.382 e. The lowest BCUT2D eigenvalue weighted by atomic mass is 10.1. The summed E-state index contributed by atoms with van der Waals surface area (Å²) in [5.74, 6) is 0. The SMILES string of the molecule is COCCOC1OC(COCc2ccccc2)CCC1OCc1ccccc1. The number of benzene rings is 2. The number of hydrogen-bond donors (Lipinski definition) is 0. The molecule has 0 aliphatic carbocycles. The Labute approximate surface area is 167 Å². The standard InChI is InChI=1S/C23H30O5/c1-24-14-15-26-23-22(27-17-20-10-6-3-7-11-20)13-12-21(28-23)18-25-16-19-8-4-2-5-9-19/h2-11,21-23H,12-18H2,1H3. The van der Waals surface area contributed by atoms with E-state index in [1.165, 1.54) is 0 Å². The zero-order chi connectivity index (χ0) is 19.4. The summed E-state index contributed by atoms with van der Waals surface area (Å²) in [6.07, 6.45) is 1.27. The fourth-order valence-electron chi connectivity index (χ4n) is 3.17. The van der Waals surface area contributed by atoms with Crippen LogP contribution >= 0.6 is 0 Å². The van der Waals surface area contributed by atoms with Gasteiger partial charge in [-0.2, -0.15) is 0 Å². The van der Waals surface area contributed by atoms with Crippen LogP contribution in [0.4, 0.5) is 0 Å². The minimum absolute atomic E-state index is 0.00725. The summed E-state index contributed by atoms with van der Waals surface area (Å²) in [5, 5.41) is 0. The van der Waals surface area contributed by atoms with Gasteiger partial charge in [-0.3, -0.25) is 0 Å². The summed E-state index contributed by atoms with van der Waals surface area (Å²) in [7, 11) is 1.66. The topological polar surface area (TPSA) is 46.2 Å². The fourth-order valence-corrected chi connectivity index (χ4v) is 3.17. The molecule has 1 saturated heterocycles. The Morgan fingerprint density at radius 1 is 0.821 bits per heavy atom. The van der Waals surface area contributed by atoms with Gasteiger partial charge in [-0.15, -0.1) is 0 Å². The maximum absolute atomic E-state index is 6.14. The van der Waals surface area contributed by atoms with Gasteiger partial charge in [-0.25, -0.2) is 0 Å². The summed E-state index contributed by atoms with van der Waals surface area (Å²) in [6.45, 7) is 2.69. The molecule has 0 amide bonds. The Morgan fingerprint density at radius 3 is 2.18 bits per heavy atom. The molecule has 3 atom stereocenters. The first-order chi connectivity index (χ1) is 13.8. The van der Waals surface area contributed by atoms with Crippen molar-refractivity contribution in [3.8, 4) is 0 Å². The van der Waals surface area contributed by atoms with Crippen LogP contribution in [0, 0.1) is 0 Å². The van der Waals surface area contributed by atoms with Crippen molar-refractivity contribution in [2.24, 2.45) is 0 Å². The highest BCUT2D eigenvalue weighted by Crippen LogP contribution is 2.25. The molecule has 152 valence electrons. The van der Waals surface area contributed by atoms with Crippen molar-refractivity contribution in [1.82, 2.24) is 0 Å². The van der Waals surface area contributed by atoms with E-state index in [-0.39, 0.29) is 12.2 Å². The molecule has 0 radical (unpaired) electrons. The second-order valence-corrected chi connectivity index (χ2v) is 6.90. The number of hydrogen-bond acceptors (Lipinski definition) is 5. The molecule has 1 heterocycles. The van der Waals surface area contributed by atoms with Gasteiger partial charge >= 0.3 is 0 Å². The maximum Gasteiger partial charge on any atom is 0.184 e. The molecule has 2 aromatic rings. The molecule has 3 unspecified atom stereocenters. The average molecular weight is 386 g/mol. The van der Waals surface area contributed by atoms with Gasteiger partial charge in [-0.05, 0) is 24.0 Å². The van der Waals surface area contributed by atoms with Gasteiger partial charge in [0.15, 0.2) is 6.29 Å². The molecule has 1 aliphatic heterocycles. The number of rotatable bonds is 11. The Morgan fingerprint density at radius 2 is 1.50 bits per heavy atom. The van der Waals surface area contributed by atoms with E-state index in [0.29, 0.717) is 33.0 Å². The van der Waals surface area contributed by atoms with Crippen molar-refractivity contribution >= 4 is 0 Å². The molecule has 0 aromatic heterocycles. The predicted octanol–water partition coefficient (Wildman–Crippen LogP) is 3.96. The molecular weight excluding hydrogens is 356 g/mol. The smallest absolute Gasteiger partial charge is 0.184 e. The Hall–Kier alpha value is -1.76. The van der Waals surface area contributed by atoms with Crippen molar-refractivity contribution in [1.29, 1.82) is 0 Å². The minimum atomic E-state index is -0.405. The third-order valence-corrected chi connectivity index (χ3v) is 4.70. The van der Waals surface area contributed by atoms with Gasteiger partial charge in [0.25, 0.3) is 0 Å². The summed E-state index contributed by atoms with van der Waals surface area (Å²) in [6, 6.07) is 20.3. The monoisotopic (exact) mass is 386 g/mol. The molecule has 28 heavy (non-hydrogen) atoms. The van der Waals surface area contributed by atoms with Crippen molar-refractivity contribution in [3.63, 3.8) is 0 Å². The van der Waals surface area contributed by atoms with E-state index in [0.717, 1.165) is 24.0 Å². The van der Waals surface area contributed by atoms with Crippen LogP contribution in [0.1, 0.15) is 24.0 Å². The van der Waals surface area contributed by atoms with Crippen molar-refractivity contribution in [3.05, 3.63) is 71.8 Å². The molecule has 5 heteroatoms. The van der Waals surface area contributed by atoms with Crippen LogP contribution in [-0.4, -0.2) is 45.4 Å². The second kappa shape index (κ2) is 11.9. The van der Waals surface area contributed by atoms with E-state index in [1.54, 1.807) is 7.11 Å². The highest BCUT2D eigenvalue weighted by Gasteiger charge is 2.33. The lowest BCUT2D eigenvalue weighted by Gasteiger charge is -2.36. The zero-order valence-corrected chi connectivity index (χ0v) is 16.5. The van der Waals surface area contributed by atoms with E-state index in [4.69, 9.17) is 23.7 Å². The Kier molecular flexibility index (Phi) is 8.94. The fraction of sp³-hybridized carbons (Fsp3) is 0.478. The van der Waals surface area contributed by atoms with E-state index >= 15 is 0 Å². The average Bonchev–Trinajstić information content (AvgIpc) is 2.75. The lowest BCUT2D eigenvalue weighted by molar-refractivity contribution is -0.262. The molecular formula is C23H30O5. The molecule has 1 fully saturated rings. The van der Waals surface area contributed by atoms with Crippen LogP contribution in [0.5, 0.6) is 0 Å². The first kappa shape index (κ1) is 21.0. The summed E-state index contributed by atoms with van der Waals surface area (Å²) in [5.41, 5.74) is 2.31. The molecule has 5 nitrogen and oxygen atoms in total. The Bertz CT molecular complexity index is 649. The van der Waals surface area contributed by atoms with E-state index in [1.807, 2.05) is 36.4 Å². The third kappa shape index (κ3) is 7.00. The lowest BCUT2D eigenvalue weighted by Crippen LogP contribution is -2.44. The van der Waals surface area contributed by atoms with Gasteiger partial charge in [0.1, 0.15) is 6.10 Å². The molecule has 3 rings (SSSR count). The maximum atomic E-state index is 6.14. The van der Waals surface area contributed by atoms with E-state index in [2.05, 4.69) is 24.3 Å². The van der Waals surface area contributed by atoms with E-state index in [9.17, 15) is 0 Å². The number of ether oxygens (including phenoxy) is 5. The highest BCUT2D eigenvalue weighted by molar-refractivity contribution is 5.14. The Balaban J connectivity index is 1.47. The first-order valence-electron chi connectivity index (χ1n) is 9.88. The third-order valence-electron chi connectivity index (χ3n) is 4.70. The van der Waals surface area contributed by atoms with Gasteiger partial charge < -0.3 is 23.7 Å². The van der Waals surface area contributed by atoms with Crippen LogP contribution in [0.3, 0.4) is 0 Å². The number of methoxy groups -OCH3 is 1. The van der Waals surface area contributed by atoms with Gasteiger partial charge in [0.05, 0.1) is 39.1 Å². The van der Waals surface area contributed by atoms with Gasteiger partial charge in [-0.1, -0.05) is 60.7 Å². The van der Waals surface area contributed by atoms with Crippen molar-refractivity contribution in [2.75, 3.05) is 26.9 Å². The van der Waals surface area contributed by atoms with Crippen LogP contribution in [0.15, 0.2) is 60.7 Å². The van der Waals surface area contributed by atoms with E-state index < -0.39 is 6.29 Å². The summed E-state index contributed by atoms with van der Waals surface area (Å²) >= 11 is 0. The molecule has 0 bridgehead atoms. The molecule has 0 N–H and O–H groups in total. The first-order valence-corrected chi connectivity index (χ1v) is 9.88. The van der Waals surface area contributed by atoms with Crippen LogP contribution in [0.25, 0.3) is 0 Å². The molecule has 2 aromatic carbocycles. The van der Waals surface area contributed by atoms with Gasteiger partial charge in [0.2, 0.25) is 0 Å². The predicted molar refractivity (Wildman–Crippen MR) is 107 cm³/mol. The second-order valence-electron chi connectivity index (χ2n) is 6.90. The summed E-state index contributed by atoms with van der Waals surface area (Å²) < 4.78 is 29.1. The summed E-state index contributed by atoms with van der Waals surface area (Å²) in [4.78, 5) is 0. The van der Waals surface area contributed by atoms with Crippen LogP contribution < -0.4 is 0 Å². The zero-order valence-electron chi connectivity index (χ0n) is 16.5. The van der Waals surface area contributed by atoms with Crippen molar-refractivity contribution < 1.29 is 23.7 Å². The van der Waals surface area contributed by atoms with Gasteiger partial charge in [0, 0.05) is 7.11 Å². The molecule has 0 saturated carbocycles. The highest BCUT2D eigenvalue weighted by atomic mass is 16.7. The minimum Gasteiger partial charge on any atom is -0.382 e. The van der Waals surface area contributed by atoms with Crippen LogP contribution in [-0.2, 0) is 36.9 Å². The normalized spacial score (nSPS) is 22.2. The molecule has 1 aliphatic rings. The molecule has 0 spiro atoms. The van der Waals surface area contributed by atoms with Crippen LogP contribution in [0.2, 0.25) is 0 Å². The van der Waals surface area contributed by atoms with Crippen molar-refractivity contribution in [2.45, 2.75) is 44.6 Å². The quantitative estimate of drug-likeness (QED) is 0.547.